The van der Waals surface area contributed by atoms with Crippen LogP contribution in [0.3, 0.4) is 0 Å². The van der Waals surface area contributed by atoms with E-state index in [2.05, 4.69) is 15.7 Å². The fourth-order valence-corrected chi connectivity index (χ4v) is 3.77. The van der Waals surface area contributed by atoms with Gasteiger partial charge >= 0.3 is 0 Å². The topological polar surface area (TPSA) is 113 Å². The van der Waals surface area contributed by atoms with Crippen LogP contribution in [-0.2, 0) is 14.4 Å². The number of hydrogen-bond acceptors (Lipinski definition) is 8. The Morgan fingerprint density at radius 3 is 2.58 bits per heavy atom. The number of aryl methyl sites for hydroxylation is 1. The minimum atomic E-state index is -0.948. The third-order valence-corrected chi connectivity index (χ3v) is 5.28. The summed E-state index contributed by atoms with van der Waals surface area (Å²) in [5.74, 6) is -0.124. The number of carbonyl (C=O) groups excluding carboxylic acids is 3. The van der Waals surface area contributed by atoms with E-state index in [4.69, 9.17) is 9.47 Å². The predicted octanol–water partition coefficient (Wildman–Crippen LogP) is 1.70. The summed E-state index contributed by atoms with van der Waals surface area (Å²) in [6.45, 7) is 2.62. The highest BCUT2D eigenvalue weighted by Gasteiger charge is 2.55. The van der Waals surface area contributed by atoms with Crippen molar-refractivity contribution in [3.63, 3.8) is 0 Å². The third-order valence-electron chi connectivity index (χ3n) is 5.28. The molecule has 5 rings (SSSR count). The van der Waals surface area contributed by atoms with Crippen LogP contribution < -0.4 is 19.7 Å². The van der Waals surface area contributed by atoms with Gasteiger partial charge in [0.15, 0.2) is 23.6 Å². The van der Waals surface area contributed by atoms with Crippen molar-refractivity contribution >= 4 is 29.1 Å². The molecule has 31 heavy (non-hydrogen) atoms. The van der Waals surface area contributed by atoms with E-state index in [1.807, 2.05) is 19.1 Å². The maximum atomic E-state index is 13.0. The van der Waals surface area contributed by atoms with Gasteiger partial charge in [-0.3, -0.25) is 19.4 Å². The zero-order valence-electron chi connectivity index (χ0n) is 16.6. The molecule has 0 aromatic heterocycles. The van der Waals surface area contributed by atoms with E-state index in [1.54, 1.807) is 30.3 Å². The summed E-state index contributed by atoms with van der Waals surface area (Å²) in [6.07, 6.45) is 0. The molecule has 3 amide bonds. The van der Waals surface area contributed by atoms with Crippen molar-refractivity contribution in [3.05, 3.63) is 48.0 Å². The number of fused-ring (bicyclic) bond motifs is 2. The first-order chi connectivity index (χ1) is 15.0. The van der Waals surface area contributed by atoms with E-state index in [-0.39, 0.29) is 6.54 Å². The SMILES string of the molecule is Cc1ccc(N2C(=O)[C@H]3N=NN(CC(=O)Nc4ccc5c(c4)OCCO5)[C@@H]3C2=O)cc1. The number of nitrogens with one attached hydrogen (secondary N) is 1. The number of imide groups is 1. The van der Waals surface area contributed by atoms with E-state index in [1.165, 1.54) is 5.01 Å². The smallest absolute Gasteiger partial charge is 0.263 e. The highest BCUT2D eigenvalue weighted by Crippen LogP contribution is 2.33. The molecule has 10 heteroatoms. The predicted molar refractivity (Wildman–Crippen MR) is 109 cm³/mol. The second-order valence-corrected chi connectivity index (χ2v) is 7.45. The van der Waals surface area contributed by atoms with E-state index in [0.717, 1.165) is 10.5 Å². The Labute approximate surface area is 177 Å². The standard InChI is InChI=1S/C21H19N5O5/c1-12-2-5-14(6-3-12)26-20(28)18-19(21(26)29)25(24-23-18)11-17(27)22-13-4-7-15-16(10-13)31-9-8-30-15/h2-7,10,18-19H,8-9,11H2,1H3,(H,22,27)/t18-,19-/m0/s1. The molecule has 10 nitrogen and oxygen atoms in total. The molecule has 2 aromatic carbocycles. The summed E-state index contributed by atoms with van der Waals surface area (Å²) < 4.78 is 11.0. The molecule has 1 saturated heterocycles. The van der Waals surface area contributed by atoms with Gasteiger partial charge in [0.05, 0.1) is 5.69 Å². The molecule has 0 unspecified atom stereocenters. The molecular weight excluding hydrogens is 402 g/mol. The van der Waals surface area contributed by atoms with Crippen LogP contribution in [0.5, 0.6) is 11.5 Å². The molecule has 0 spiro atoms. The van der Waals surface area contributed by atoms with Gasteiger partial charge in [-0.1, -0.05) is 22.9 Å². The molecule has 0 saturated carbocycles. The molecule has 1 fully saturated rings. The largest absolute Gasteiger partial charge is 0.486 e. The maximum Gasteiger partial charge on any atom is 0.263 e. The number of benzene rings is 2. The minimum Gasteiger partial charge on any atom is -0.486 e. The molecule has 2 aromatic rings. The van der Waals surface area contributed by atoms with Crippen molar-refractivity contribution in [2.75, 3.05) is 30.0 Å². The molecule has 3 aliphatic rings. The van der Waals surface area contributed by atoms with Crippen LogP contribution in [0, 0.1) is 6.92 Å². The van der Waals surface area contributed by atoms with Crippen molar-refractivity contribution in [1.82, 2.24) is 5.01 Å². The minimum absolute atomic E-state index is 0.222. The molecule has 3 heterocycles. The molecule has 0 aliphatic carbocycles. The number of rotatable bonds is 4. The lowest BCUT2D eigenvalue weighted by atomic mass is 10.1. The third kappa shape index (κ3) is 3.35. The highest BCUT2D eigenvalue weighted by atomic mass is 16.6. The van der Waals surface area contributed by atoms with E-state index >= 15 is 0 Å². The maximum absolute atomic E-state index is 13.0. The van der Waals surface area contributed by atoms with E-state index < -0.39 is 29.8 Å². The Kier molecular flexibility index (Phi) is 4.54. The zero-order valence-corrected chi connectivity index (χ0v) is 16.6. The number of carbonyl (C=O) groups is 3. The average molecular weight is 421 g/mol. The van der Waals surface area contributed by atoms with Crippen molar-refractivity contribution in [2.24, 2.45) is 10.3 Å². The Bertz CT molecular complexity index is 1100. The number of amides is 3. The molecule has 1 N–H and O–H groups in total. The van der Waals surface area contributed by atoms with Crippen LogP contribution in [0.15, 0.2) is 52.8 Å². The molecule has 0 radical (unpaired) electrons. The van der Waals surface area contributed by atoms with E-state index in [0.29, 0.717) is 36.1 Å². The summed E-state index contributed by atoms with van der Waals surface area (Å²) in [7, 11) is 0. The van der Waals surface area contributed by atoms with Crippen molar-refractivity contribution in [2.45, 2.75) is 19.0 Å². The van der Waals surface area contributed by atoms with Gasteiger partial charge in [0, 0.05) is 11.8 Å². The van der Waals surface area contributed by atoms with Crippen molar-refractivity contribution in [3.8, 4) is 11.5 Å². The number of nitrogens with zero attached hydrogens (tertiary/aromatic N) is 4. The van der Waals surface area contributed by atoms with Gasteiger partial charge in [0.1, 0.15) is 19.8 Å². The quantitative estimate of drug-likeness (QED) is 0.752. The normalized spacial score (nSPS) is 21.5. The zero-order chi connectivity index (χ0) is 21.5. The number of anilines is 2. The Balaban J connectivity index is 1.28. The Morgan fingerprint density at radius 2 is 1.81 bits per heavy atom. The first-order valence-electron chi connectivity index (χ1n) is 9.83. The van der Waals surface area contributed by atoms with Crippen LogP contribution in [-0.4, -0.2) is 54.6 Å². The second-order valence-electron chi connectivity index (χ2n) is 7.45. The van der Waals surface area contributed by atoms with Crippen LogP contribution >= 0.6 is 0 Å². The first kappa shape index (κ1) is 19.0. The lowest BCUT2D eigenvalue weighted by molar-refractivity contribution is -0.123. The van der Waals surface area contributed by atoms with Crippen molar-refractivity contribution in [1.29, 1.82) is 0 Å². The van der Waals surface area contributed by atoms with Gasteiger partial charge in [-0.05, 0) is 31.2 Å². The van der Waals surface area contributed by atoms with Gasteiger partial charge in [-0.25, -0.2) is 4.90 Å². The van der Waals surface area contributed by atoms with Crippen LogP contribution in [0.2, 0.25) is 0 Å². The fraction of sp³-hybridized carbons (Fsp3) is 0.286. The summed E-state index contributed by atoms with van der Waals surface area (Å²) in [5, 5.41) is 11.8. The Morgan fingerprint density at radius 1 is 1.06 bits per heavy atom. The molecule has 3 aliphatic heterocycles. The highest BCUT2D eigenvalue weighted by molar-refractivity contribution is 6.25. The first-order valence-corrected chi connectivity index (χ1v) is 9.83. The lowest BCUT2D eigenvalue weighted by Gasteiger charge is -2.21. The van der Waals surface area contributed by atoms with Crippen LogP contribution in [0.1, 0.15) is 5.56 Å². The van der Waals surface area contributed by atoms with Gasteiger partial charge < -0.3 is 14.8 Å². The van der Waals surface area contributed by atoms with Gasteiger partial charge in [-0.15, -0.1) is 0 Å². The average Bonchev–Trinajstić information content (AvgIpc) is 3.28. The van der Waals surface area contributed by atoms with Crippen LogP contribution in [0.4, 0.5) is 11.4 Å². The number of ether oxygens (including phenoxy) is 2. The summed E-state index contributed by atoms with van der Waals surface area (Å²) >= 11 is 0. The summed E-state index contributed by atoms with van der Waals surface area (Å²) in [6, 6.07) is 10.3. The van der Waals surface area contributed by atoms with Gasteiger partial charge in [-0.2, -0.15) is 5.11 Å². The summed E-state index contributed by atoms with van der Waals surface area (Å²) in [4.78, 5) is 39.4. The summed E-state index contributed by atoms with van der Waals surface area (Å²) in [5.41, 5.74) is 2.02. The fourth-order valence-electron chi connectivity index (χ4n) is 3.77. The number of hydrogen-bond donors (Lipinski definition) is 1. The van der Waals surface area contributed by atoms with Gasteiger partial charge in [0.2, 0.25) is 5.91 Å². The molecular formula is C21H19N5O5. The molecule has 0 bridgehead atoms. The Hall–Kier alpha value is -3.95. The monoisotopic (exact) mass is 421 g/mol. The van der Waals surface area contributed by atoms with Crippen LogP contribution in [0.25, 0.3) is 0 Å². The molecule has 2 atom stereocenters. The van der Waals surface area contributed by atoms with Crippen molar-refractivity contribution < 1.29 is 23.9 Å². The second kappa shape index (κ2) is 7.38. The molecule has 158 valence electrons. The lowest BCUT2D eigenvalue weighted by Crippen LogP contribution is -2.43. The van der Waals surface area contributed by atoms with E-state index in [9.17, 15) is 14.4 Å². The van der Waals surface area contributed by atoms with Gasteiger partial charge in [0.25, 0.3) is 11.8 Å².